The first-order valence-electron chi connectivity index (χ1n) is 6.87. The quantitative estimate of drug-likeness (QED) is 0.914. The Bertz CT molecular complexity index is 684. The molecule has 6 nitrogen and oxygen atoms in total. The number of carbonyl (C=O) groups is 1. The van der Waals surface area contributed by atoms with E-state index in [-0.39, 0.29) is 19.1 Å². The lowest BCUT2D eigenvalue weighted by Crippen LogP contribution is -2.15. The number of hydrogen-bond acceptors (Lipinski definition) is 6. The monoisotopic (exact) mass is 319 g/mol. The first-order chi connectivity index (χ1) is 10.6. The lowest BCUT2D eigenvalue weighted by molar-refractivity contribution is -0.115. The fraction of sp³-hybridized carbons (Fsp3) is 0.333. The van der Waals surface area contributed by atoms with Gasteiger partial charge in [-0.15, -0.1) is 11.3 Å². The number of aromatic nitrogens is 1. The van der Waals surface area contributed by atoms with Gasteiger partial charge in [0.05, 0.1) is 12.1 Å². The topological polar surface area (TPSA) is 63.7 Å². The van der Waals surface area contributed by atoms with Crippen LogP contribution in [-0.2, 0) is 17.8 Å². The maximum atomic E-state index is 12.1. The molecule has 116 valence electrons. The maximum Gasteiger partial charge on any atom is 0.231 e. The minimum absolute atomic E-state index is 0.0967. The van der Waals surface area contributed by atoms with Crippen LogP contribution in [0.25, 0.3) is 0 Å². The molecule has 1 aliphatic rings. The van der Waals surface area contributed by atoms with E-state index in [2.05, 4.69) is 15.2 Å². The normalized spacial score (nSPS) is 12.7. The fourth-order valence-corrected chi connectivity index (χ4v) is 3.03. The SMILES string of the molecule is CN(C)Cc1nc(CC(=O)Nc2ccc3c(c2)OCO3)cs1. The molecule has 22 heavy (non-hydrogen) atoms. The van der Waals surface area contributed by atoms with Crippen molar-refractivity contribution in [1.29, 1.82) is 0 Å². The third kappa shape index (κ3) is 3.55. The van der Waals surface area contributed by atoms with Crippen LogP contribution in [0.2, 0.25) is 0 Å². The average Bonchev–Trinajstić information content (AvgIpc) is 3.06. The molecule has 2 aromatic rings. The third-order valence-electron chi connectivity index (χ3n) is 3.05. The molecule has 0 bridgehead atoms. The van der Waals surface area contributed by atoms with Crippen molar-refractivity contribution in [2.75, 3.05) is 26.2 Å². The molecule has 3 rings (SSSR count). The predicted molar refractivity (Wildman–Crippen MR) is 84.4 cm³/mol. The van der Waals surface area contributed by atoms with E-state index in [1.165, 1.54) is 0 Å². The van der Waals surface area contributed by atoms with Gasteiger partial charge in [-0.2, -0.15) is 0 Å². The van der Waals surface area contributed by atoms with Crippen molar-refractivity contribution in [1.82, 2.24) is 9.88 Å². The van der Waals surface area contributed by atoms with Crippen molar-refractivity contribution in [2.45, 2.75) is 13.0 Å². The maximum absolute atomic E-state index is 12.1. The summed E-state index contributed by atoms with van der Waals surface area (Å²) in [7, 11) is 3.99. The lowest BCUT2D eigenvalue weighted by Gasteiger charge is -2.06. The molecule has 1 aromatic carbocycles. The molecule has 0 saturated heterocycles. The van der Waals surface area contributed by atoms with Crippen molar-refractivity contribution in [3.05, 3.63) is 34.3 Å². The Morgan fingerprint density at radius 2 is 2.18 bits per heavy atom. The van der Waals surface area contributed by atoms with Crippen LogP contribution < -0.4 is 14.8 Å². The first kappa shape index (κ1) is 14.8. The van der Waals surface area contributed by atoms with Gasteiger partial charge in [-0.05, 0) is 26.2 Å². The van der Waals surface area contributed by atoms with E-state index in [0.29, 0.717) is 17.2 Å². The second-order valence-electron chi connectivity index (χ2n) is 5.26. The van der Waals surface area contributed by atoms with Crippen molar-refractivity contribution in [2.24, 2.45) is 0 Å². The van der Waals surface area contributed by atoms with Crippen molar-refractivity contribution in [3.8, 4) is 11.5 Å². The van der Waals surface area contributed by atoms with E-state index in [9.17, 15) is 4.79 Å². The van der Waals surface area contributed by atoms with Crippen LogP contribution >= 0.6 is 11.3 Å². The van der Waals surface area contributed by atoms with Gasteiger partial charge in [-0.25, -0.2) is 4.98 Å². The zero-order chi connectivity index (χ0) is 15.5. The second-order valence-corrected chi connectivity index (χ2v) is 6.21. The van der Waals surface area contributed by atoms with Crippen LogP contribution in [0.15, 0.2) is 23.6 Å². The summed E-state index contributed by atoms with van der Waals surface area (Å²) in [4.78, 5) is 18.6. The van der Waals surface area contributed by atoms with Crippen molar-refractivity contribution in [3.63, 3.8) is 0 Å². The Morgan fingerprint density at radius 1 is 1.36 bits per heavy atom. The highest BCUT2D eigenvalue weighted by molar-refractivity contribution is 7.09. The van der Waals surface area contributed by atoms with E-state index in [1.54, 1.807) is 29.5 Å². The van der Waals surface area contributed by atoms with Gasteiger partial charge in [0.15, 0.2) is 11.5 Å². The van der Waals surface area contributed by atoms with Crippen LogP contribution in [0.3, 0.4) is 0 Å². The standard InChI is InChI=1S/C15H17N3O3S/c1-18(2)7-15-17-11(8-22-15)6-14(19)16-10-3-4-12-13(5-10)21-9-20-12/h3-5,8H,6-7,9H2,1-2H3,(H,16,19). The number of amides is 1. The Morgan fingerprint density at radius 3 is 3.00 bits per heavy atom. The van der Waals surface area contributed by atoms with Crippen molar-refractivity contribution < 1.29 is 14.3 Å². The van der Waals surface area contributed by atoms with Gasteiger partial charge in [0.25, 0.3) is 0 Å². The summed E-state index contributed by atoms with van der Waals surface area (Å²) in [5, 5.41) is 5.79. The summed E-state index contributed by atoms with van der Waals surface area (Å²) in [6, 6.07) is 5.35. The second kappa shape index (κ2) is 6.33. The molecule has 0 unspecified atom stereocenters. The smallest absolute Gasteiger partial charge is 0.231 e. The number of rotatable bonds is 5. The molecule has 0 radical (unpaired) electrons. The van der Waals surface area contributed by atoms with Crippen LogP contribution in [0.1, 0.15) is 10.7 Å². The van der Waals surface area contributed by atoms with Gasteiger partial charge in [0.1, 0.15) is 5.01 Å². The number of carbonyl (C=O) groups excluding carboxylic acids is 1. The van der Waals surface area contributed by atoms with Gasteiger partial charge >= 0.3 is 0 Å². The molecular formula is C15H17N3O3S. The summed E-state index contributed by atoms with van der Waals surface area (Å²) in [5.41, 5.74) is 1.48. The van der Waals surface area contributed by atoms with Crippen LogP contribution in [-0.4, -0.2) is 36.7 Å². The molecule has 1 N–H and O–H groups in total. The number of ether oxygens (including phenoxy) is 2. The van der Waals surface area contributed by atoms with E-state index in [1.807, 2.05) is 19.5 Å². The fourth-order valence-electron chi connectivity index (χ4n) is 2.12. The van der Waals surface area contributed by atoms with E-state index >= 15 is 0 Å². The molecule has 1 aromatic heterocycles. The van der Waals surface area contributed by atoms with Crippen molar-refractivity contribution >= 4 is 22.9 Å². The number of nitrogens with zero attached hydrogens (tertiary/aromatic N) is 2. The third-order valence-corrected chi connectivity index (χ3v) is 3.93. The van der Waals surface area contributed by atoms with Crippen LogP contribution in [0.5, 0.6) is 11.5 Å². The molecule has 2 heterocycles. The number of nitrogens with one attached hydrogen (secondary N) is 1. The minimum Gasteiger partial charge on any atom is -0.454 e. The highest BCUT2D eigenvalue weighted by Gasteiger charge is 2.14. The van der Waals surface area contributed by atoms with Gasteiger partial charge < -0.3 is 19.7 Å². The largest absolute Gasteiger partial charge is 0.454 e. The molecule has 1 amide bonds. The average molecular weight is 319 g/mol. The highest BCUT2D eigenvalue weighted by Crippen LogP contribution is 2.34. The first-order valence-corrected chi connectivity index (χ1v) is 7.75. The van der Waals surface area contributed by atoms with E-state index in [4.69, 9.17) is 9.47 Å². The van der Waals surface area contributed by atoms with E-state index < -0.39 is 0 Å². The summed E-state index contributed by atoms with van der Waals surface area (Å²) in [5.74, 6) is 1.26. The Balaban J connectivity index is 1.59. The van der Waals surface area contributed by atoms with Gasteiger partial charge in [-0.1, -0.05) is 0 Å². The Kier molecular flexibility index (Phi) is 4.26. The number of anilines is 1. The number of hydrogen-bond donors (Lipinski definition) is 1. The molecule has 0 spiro atoms. The summed E-state index contributed by atoms with van der Waals surface area (Å²) < 4.78 is 10.5. The number of fused-ring (bicyclic) bond motifs is 1. The molecule has 0 fully saturated rings. The van der Waals surface area contributed by atoms with Gasteiger partial charge in [0, 0.05) is 23.7 Å². The molecule has 7 heteroatoms. The number of benzene rings is 1. The molecule has 0 aliphatic carbocycles. The predicted octanol–water partition coefficient (Wildman–Crippen LogP) is 2.11. The molecule has 0 atom stereocenters. The van der Waals surface area contributed by atoms with E-state index in [0.717, 1.165) is 17.2 Å². The number of thiazole rings is 1. The van der Waals surface area contributed by atoms with Crippen LogP contribution in [0.4, 0.5) is 5.69 Å². The van der Waals surface area contributed by atoms with Gasteiger partial charge in [-0.3, -0.25) is 4.79 Å². The van der Waals surface area contributed by atoms with Gasteiger partial charge in [0.2, 0.25) is 12.7 Å². The molecular weight excluding hydrogens is 302 g/mol. The molecule has 0 saturated carbocycles. The summed E-state index contributed by atoms with van der Waals surface area (Å²) >= 11 is 1.57. The minimum atomic E-state index is -0.0967. The lowest BCUT2D eigenvalue weighted by atomic mass is 10.2. The zero-order valence-corrected chi connectivity index (χ0v) is 13.3. The highest BCUT2D eigenvalue weighted by atomic mass is 32.1. The summed E-state index contributed by atoms with van der Waals surface area (Å²) in [6.45, 7) is 1.01. The molecule has 1 aliphatic heterocycles. The zero-order valence-electron chi connectivity index (χ0n) is 12.5. The Hall–Kier alpha value is -2.12. The summed E-state index contributed by atoms with van der Waals surface area (Å²) in [6.07, 6.45) is 0.262. The van der Waals surface area contributed by atoms with Crippen LogP contribution in [0, 0.1) is 0 Å². The Labute approximate surface area is 132 Å².